The first-order valence-corrected chi connectivity index (χ1v) is 5.92. The Morgan fingerprint density at radius 1 is 1.33 bits per heavy atom. The molecule has 0 aromatic carbocycles. The Kier molecular flexibility index (Phi) is 2.51. The van der Waals surface area contributed by atoms with Gasteiger partial charge in [0.25, 0.3) is 0 Å². The van der Waals surface area contributed by atoms with Crippen molar-refractivity contribution in [2.75, 3.05) is 5.32 Å². The van der Waals surface area contributed by atoms with Crippen molar-refractivity contribution < 1.29 is 0 Å². The van der Waals surface area contributed by atoms with Crippen LogP contribution in [0.3, 0.4) is 0 Å². The molecule has 0 saturated heterocycles. The third-order valence-corrected chi connectivity index (χ3v) is 2.99. The number of aromatic amines is 1. The van der Waals surface area contributed by atoms with Crippen LogP contribution >= 0.6 is 0 Å². The summed E-state index contributed by atoms with van der Waals surface area (Å²) in [4.78, 5) is 4.54. The molecule has 5 nitrogen and oxygen atoms in total. The minimum Gasteiger partial charge on any atom is -0.376 e. The number of anilines is 1. The summed E-state index contributed by atoms with van der Waals surface area (Å²) in [5.74, 6) is 0. The van der Waals surface area contributed by atoms with Gasteiger partial charge in [-0.2, -0.15) is 5.10 Å². The number of nitrogens with one attached hydrogen (secondary N) is 2. The molecule has 92 valence electrons. The van der Waals surface area contributed by atoms with Gasteiger partial charge in [-0.15, -0.1) is 0 Å². The first kappa shape index (κ1) is 10.8. The van der Waals surface area contributed by atoms with Crippen LogP contribution in [0.15, 0.2) is 30.6 Å². The molecule has 3 aromatic rings. The lowest BCUT2D eigenvalue weighted by atomic mass is 10.3. The van der Waals surface area contributed by atoms with Crippen molar-refractivity contribution in [3.63, 3.8) is 0 Å². The van der Waals surface area contributed by atoms with E-state index in [4.69, 9.17) is 0 Å². The Hall–Kier alpha value is -2.30. The van der Waals surface area contributed by atoms with E-state index < -0.39 is 0 Å². The van der Waals surface area contributed by atoms with E-state index in [9.17, 15) is 0 Å². The molecular weight excluding hydrogens is 226 g/mol. The SMILES string of the molecule is Cc1n[nH]c(C)c1NCc1cn2ccccc2n1. The highest BCUT2D eigenvalue weighted by Gasteiger charge is 2.06. The number of H-pyrrole nitrogens is 1. The minimum absolute atomic E-state index is 0.697. The molecule has 0 aliphatic rings. The van der Waals surface area contributed by atoms with Crippen LogP contribution in [0.1, 0.15) is 17.1 Å². The fraction of sp³-hybridized carbons (Fsp3) is 0.231. The van der Waals surface area contributed by atoms with Gasteiger partial charge in [0, 0.05) is 12.4 Å². The average Bonchev–Trinajstić information content (AvgIpc) is 2.91. The normalized spacial score (nSPS) is 11.0. The molecule has 0 radical (unpaired) electrons. The van der Waals surface area contributed by atoms with Crippen LogP contribution in [-0.4, -0.2) is 19.6 Å². The smallest absolute Gasteiger partial charge is 0.137 e. The van der Waals surface area contributed by atoms with E-state index in [-0.39, 0.29) is 0 Å². The molecule has 0 amide bonds. The van der Waals surface area contributed by atoms with E-state index in [1.54, 1.807) is 0 Å². The predicted molar refractivity (Wildman–Crippen MR) is 70.6 cm³/mol. The Balaban J connectivity index is 1.81. The highest BCUT2D eigenvalue weighted by Crippen LogP contribution is 2.17. The van der Waals surface area contributed by atoms with Crippen molar-refractivity contribution in [1.29, 1.82) is 0 Å². The lowest BCUT2D eigenvalue weighted by Gasteiger charge is -2.03. The average molecular weight is 241 g/mol. The highest BCUT2D eigenvalue weighted by molar-refractivity contribution is 5.51. The van der Waals surface area contributed by atoms with Crippen LogP contribution in [0.25, 0.3) is 5.65 Å². The Bertz CT molecular complexity index is 627. The zero-order chi connectivity index (χ0) is 12.5. The Morgan fingerprint density at radius 3 is 2.94 bits per heavy atom. The molecule has 3 rings (SSSR count). The predicted octanol–water partition coefficient (Wildman–Crippen LogP) is 2.29. The number of aromatic nitrogens is 4. The summed E-state index contributed by atoms with van der Waals surface area (Å²) in [5, 5.41) is 10.5. The van der Waals surface area contributed by atoms with Gasteiger partial charge in [0.1, 0.15) is 5.65 Å². The lowest BCUT2D eigenvalue weighted by Crippen LogP contribution is -2.01. The van der Waals surface area contributed by atoms with Crippen LogP contribution in [0, 0.1) is 13.8 Å². The molecule has 0 aliphatic heterocycles. The molecule has 3 aromatic heterocycles. The largest absolute Gasteiger partial charge is 0.376 e. The lowest BCUT2D eigenvalue weighted by molar-refractivity contribution is 1.02. The number of rotatable bonds is 3. The maximum atomic E-state index is 4.54. The van der Waals surface area contributed by atoms with Crippen molar-refractivity contribution >= 4 is 11.3 Å². The first-order chi connectivity index (χ1) is 8.74. The van der Waals surface area contributed by atoms with Gasteiger partial charge in [0.15, 0.2) is 0 Å². The number of fused-ring (bicyclic) bond motifs is 1. The third kappa shape index (κ3) is 1.84. The highest BCUT2D eigenvalue weighted by atomic mass is 15.2. The molecule has 0 saturated carbocycles. The Morgan fingerprint density at radius 2 is 2.22 bits per heavy atom. The van der Waals surface area contributed by atoms with E-state index in [2.05, 4.69) is 20.5 Å². The summed E-state index contributed by atoms with van der Waals surface area (Å²) in [5.41, 5.74) is 5.08. The summed E-state index contributed by atoms with van der Waals surface area (Å²) >= 11 is 0. The van der Waals surface area contributed by atoms with Gasteiger partial charge in [-0.1, -0.05) is 6.07 Å². The third-order valence-electron chi connectivity index (χ3n) is 2.99. The molecular formula is C13H15N5. The van der Waals surface area contributed by atoms with Gasteiger partial charge in [0.05, 0.1) is 29.3 Å². The topological polar surface area (TPSA) is 58.0 Å². The van der Waals surface area contributed by atoms with Gasteiger partial charge in [0.2, 0.25) is 0 Å². The molecule has 0 atom stereocenters. The zero-order valence-corrected chi connectivity index (χ0v) is 10.4. The van der Waals surface area contributed by atoms with Gasteiger partial charge < -0.3 is 9.72 Å². The fourth-order valence-corrected chi connectivity index (χ4v) is 2.06. The van der Waals surface area contributed by atoms with Crippen molar-refractivity contribution in [1.82, 2.24) is 19.6 Å². The number of hydrogen-bond acceptors (Lipinski definition) is 3. The van der Waals surface area contributed by atoms with Crippen LogP contribution in [-0.2, 0) is 6.54 Å². The van der Waals surface area contributed by atoms with Crippen LogP contribution in [0.4, 0.5) is 5.69 Å². The zero-order valence-electron chi connectivity index (χ0n) is 10.4. The van der Waals surface area contributed by atoms with E-state index in [0.717, 1.165) is 28.4 Å². The minimum atomic E-state index is 0.697. The Labute approximate surface area is 105 Å². The van der Waals surface area contributed by atoms with E-state index in [1.165, 1.54) is 0 Å². The second-order valence-corrected chi connectivity index (χ2v) is 4.36. The van der Waals surface area contributed by atoms with E-state index in [0.29, 0.717) is 6.54 Å². The molecule has 2 N–H and O–H groups in total. The van der Waals surface area contributed by atoms with Crippen LogP contribution in [0.2, 0.25) is 0 Å². The summed E-state index contributed by atoms with van der Waals surface area (Å²) in [6, 6.07) is 5.98. The number of nitrogens with zero attached hydrogens (tertiary/aromatic N) is 3. The number of aryl methyl sites for hydroxylation is 2. The monoisotopic (exact) mass is 241 g/mol. The maximum absolute atomic E-state index is 4.54. The summed E-state index contributed by atoms with van der Waals surface area (Å²) in [6.07, 6.45) is 4.03. The van der Waals surface area contributed by atoms with Crippen molar-refractivity contribution in [2.24, 2.45) is 0 Å². The quantitative estimate of drug-likeness (QED) is 0.739. The van der Waals surface area contributed by atoms with Crippen molar-refractivity contribution in [2.45, 2.75) is 20.4 Å². The molecule has 0 fully saturated rings. The van der Waals surface area contributed by atoms with Gasteiger partial charge >= 0.3 is 0 Å². The number of hydrogen-bond donors (Lipinski definition) is 2. The van der Waals surface area contributed by atoms with Crippen molar-refractivity contribution in [3.8, 4) is 0 Å². The standard InChI is InChI=1S/C13H15N5/c1-9-13(10(2)17-16-9)14-7-11-8-18-6-4-3-5-12(18)15-11/h3-6,8,14H,7H2,1-2H3,(H,16,17). The van der Waals surface area contributed by atoms with Gasteiger partial charge in [-0.25, -0.2) is 4.98 Å². The van der Waals surface area contributed by atoms with Gasteiger partial charge in [-0.05, 0) is 26.0 Å². The number of imidazole rings is 1. The number of pyridine rings is 1. The molecule has 0 bridgehead atoms. The summed E-state index contributed by atoms with van der Waals surface area (Å²) < 4.78 is 2.02. The maximum Gasteiger partial charge on any atom is 0.137 e. The molecule has 5 heteroatoms. The van der Waals surface area contributed by atoms with E-state index >= 15 is 0 Å². The summed E-state index contributed by atoms with van der Waals surface area (Å²) in [6.45, 7) is 4.68. The van der Waals surface area contributed by atoms with E-state index in [1.807, 2.05) is 48.8 Å². The van der Waals surface area contributed by atoms with Crippen LogP contribution < -0.4 is 5.32 Å². The second-order valence-electron chi connectivity index (χ2n) is 4.36. The molecule has 0 aliphatic carbocycles. The first-order valence-electron chi connectivity index (χ1n) is 5.92. The van der Waals surface area contributed by atoms with Gasteiger partial charge in [-0.3, -0.25) is 5.10 Å². The fourth-order valence-electron chi connectivity index (χ4n) is 2.06. The summed E-state index contributed by atoms with van der Waals surface area (Å²) in [7, 11) is 0. The molecule has 0 unspecified atom stereocenters. The molecule has 0 spiro atoms. The van der Waals surface area contributed by atoms with Crippen LogP contribution in [0.5, 0.6) is 0 Å². The molecule has 18 heavy (non-hydrogen) atoms. The molecule has 3 heterocycles. The van der Waals surface area contributed by atoms with Crippen molar-refractivity contribution in [3.05, 3.63) is 47.7 Å². The second kappa shape index (κ2) is 4.18.